The molecule has 0 radical (unpaired) electrons. The van der Waals surface area contributed by atoms with Gasteiger partial charge in [0.1, 0.15) is 5.82 Å². The molecule has 2 aromatic carbocycles. The smallest absolute Gasteiger partial charge is 0.251 e. The van der Waals surface area contributed by atoms with Gasteiger partial charge in [-0.05, 0) is 56.9 Å². The van der Waals surface area contributed by atoms with Crippen molar-refractivity contribution in [1.82, 2.24) is 20.2 Å². The third-order valence-corrected chi connectivity index (χ3v) is 4.09. The molecule has 1 aromatic heterocycles. The Balaban J connectivity index is 1.57. The highest BCUT2D eigenvalue weighted by atomic mass is 16.1. The number of carbonyl (C=O) groups excluding carboxylic acids is 1. The Hall–Kier alpha value is -2.66. The van der Waals surface area contributed by atoms with Gasteiger partial charge in [0.25, 0.3) is 5.91 Å². The van der Waals surface area contributed by atoms with Crippen molar-refractivity contribution in [3.63, 3.8) is 0 Å². The number of hydrogen-bond donors (Lipinski definition) is 2. The van der Waals surface area contributed by atoms with E-state index in [1.165, 1.54) is 0 Å². The highest BCUT2D eigenvalue weighted by Crippen LogP contribution is 2.14. The zero-order valence-corrected chi connectivity index (χ0v) is 14.7. The number of H-pyrrole nitrogens is 1. The Labute approximate surface area is 148 Å². The van der Waals surface area contributed by atoms with E-state index in [1.54, 1.807) is 0 Å². The van der Waals surface area contributed by atoms with Crippen molar-refractivity contribution >= 4 is 16.9 Å². The van der Waals surface area contributed by atoms with Crippen molar-refractivity contribution in [2.24, 2.45) is 0 Å². The predicted molar refractivity (Wildman–Crippen MR) is 101 cm³/mol. The van der Waals surface area contributed by atoms with Gasteiger partial charge in [0.2, 0.25) is 0 Å². The monoisotopic (exact) mass is 336 g/mol. The van der Waals surface area contributed by atoms with Crippen LogP contribution in [0.3, 0.4) is 0 Å². The molecular weight excluding hydrogens is 312 g/mol. The van der Waals surface area contributed by atoms with E-state index in [2.05, 4.69) is 20.2 Å². The van der Waals surface area contributed by atoms with Crippen LogP contribution in [0.25, 0.3) is 11.0 Å². The van der Waals surface area contributed by atoms with Crippen LogP contribution in [0.15, 0.2) is 48.5 Å². The van der Waals surface area contributed by atoms with Gasteiger partial charge in [-0.2, -0.15) is 0 Å². The Bertz CT molecular complexity index is 803. The number of fused-ring (bicyclic) bond motifs is 1. The number of nitrogens with zero attached hydrogens (tertiary/aromatic N) is 2. The minimum absolute atomic E-state index is 0.0194. The van der Waals surface area contributed by atoms with Crippen LogP contribution < -0.4 is 5.32 Å². The van der Waals surface area contributed by atoms with Gasteiger partial charge >= 0.3 is 0 Å². The van der Waals surface area contributed by atoms with Gasteiger partial charge in [-0.15, -0.1) is 0 Å². The zero-order valence-electron chi connectivity index (χ0n) is 14.7. The van der Waals surface area contributed by atoms with Crippen LogP contribution >= 0.6 is 0 Å². The minimum Gasteiger partial charge on any atom is -0.352 e. The van der Waals surface area contributed by atoms with Gasteiger partial charge in [0.05, 0.1) is 11.0 Å². The number of para-hydroxylation sites is 2. The van der Waals surface area contributed by atoms with Gasteiger partial charge < -0.3 is 15.2 Å². The van der Waals surface area contributed by atoms with Crippen molar-refractivity contribution in [1.29, 1.82) is 0 Å². The molecular formula is C20H24N4O. The first-order valence-corrected chi connectivity index (χ1v) is 8.57. The summed E-state index contributed by atoms with van der Waals surface area (Å²) in [6.45, 7) is 1.66. The largest absolute Gasteiger partial charge is 0.352 e. The Morgan fingerprint density at radius 3 is 2.60 bits per heavy atom. The number of imidazole rings is 1. The third-order valence-electron chi connectivity index (χ3n) is 4.09. The van der Waals surface area contributed by atoms with Crippen molar-refractivity contribution in [2.75, 3.05) is 27.2 Å². The third kappa shape index (κ3) is 4.67. The summed E-state index contributed by atoms with van der Waals surface area (Å²) < 4.78 is 0. The number of rotatable bonds is 7. The Kier molecular flexibility index (Phi) is 5.46. The molecule has 0 unspecified atom stereocenters. The summed E-state index contributed by atoms with van der Waals surface area (Å²) in [6, 6.07) is 15.7. The zero-order chi connectivity index (χ0) is 17.6. The molecule has 0 aliphatic rings. The fourth-order valence-corrected chi connectivity index (χ4v) is 2.76. The Morgan fingerprint density at radius 1 is 1.12 bits per heavy atom. The summed E-state index contributed by atoms with van der Waals surface area (Å²) in [5.41, 5.74) is 3.85. The summed E-state index contributed by atoms with van der Waals surface area (Å²) in [6.07, 6.45) is 1.67. The molecule has 5 nitrogen and oxygen atoms in total. The molecule has 0 spiro atoms. The maximum Gasteiger partial charge on any atom is 0.251 e. The lowest BCUT2D eigenvalue weighted by Crippen LogP contribution is -2.27. The number of aromatic amines is 1. The maximum atomic E-state index is 12.1. The van der Waals surface area contributed by atoms with Crippen LogP contribution in [0.1, 0.15) is 28.2 Å². The minimum atomic E-state index is -0.0194. The number of aromatic nitrogens is 2. The van der Waals surface area contributed by atoms with E-state index < -0.39 is 0 Å². The average molecular weight is 336 g/mol. The van der Waals surface area contributed by atoms with Crippen LogP contribution in [0.5, 0.6) is 0 Å². The predicted octanol–water partition coefficient (Wildman–Crippen LogP) is 2.84. The summed E-state index contributed by atoms with van der Waals surface area (Å²) in [7, 11) is 4.06. The second-order valence-corrected chi connectivity index (χ2v) is 6.49. The molecule has 3 rings (SSSR count). The first-order chi connectivity index (χ1) is 12.1. The molecule has 5 heteroatoms. The highest BCUT2D eigenvalue weighted by molar-refractivity contribution is 5.94. The fraction of sp³-hybridized carbons (Fsp3) is 0.300. The number of hydrogen-bond acceptors (Lipinski definition) is 3. The number of carbonyl (C=O) groups is 1. The topological polar surface area (TPSA) is 61.0 Å². The van der Waals surface area contributed by atoms with Crippen molar-refractivity contribution < 1.29 is 4.79 Å². The fourth-order valence-electron chi connectivity index (χ4n) is 2.76. The first-order valence-electron chi connectivity index (χ1n) is 8.57. The Morgan fingerprint density at radius 2 is 1.88 bits per heavy atom. The molecule has 0 aliphatic carbocycles. The van der Waals surface area contributed by atoms with Gasteiger partial charge in [-0.1, -0.05) is 24.3 Å². The number of nitrogens with one attached hydrogen (secondary N) is 2. The molecule has 2 N–H and O–H groups in total. The molecule has 0 saturated heterocycles. The molecule has 0 aliphatic heterocycles. The van der Waals surface area contributed by atoms with Gasteiger partial charge in [-0.25, -0.2) is 4.98 Å². The normalized spacial score (nSPS) is 11.2. The van der Waals surface area contributed by atoms with E-state index in [4.69, 9.17) is 0 Å². The maximum absolute atomic E-state index is 12.1. The lowest BCUT2D eigenvalue weighted by molar-refractivity contribution is 0.0952. The van der Waals surface area contributed by atoms with Crippen LogP contribution in [-0.2, 0) is 6.42 Å². The summed E-state index contributed by atoms with van der Waals surface area (Å²) in [4.78, 5) is 22.2. The van der Waals surface area contributed by atoms with Crippen molar-refractivity contribution in [3.8, 4) is 0 Å². The highest BCUT2D eigenvalue weighted by Gasteiger charge is 2.07. The summed E-state index contributed by atoms with van der Waals surface area (Å²) in [5, 5.41) is 2.96. The number of amides is 1. The molecule has 1 heterocycles. The lowest BCUT2D eigenvalue weighted by Gasteiger charge is -2.10. The van der Waals surface area contributed by atoms with E-state index >= 15 is 0 Å². The quantitative estimate of drug-likeness (QED) is 0.652. The SMILES string of the molecule is CN(C)CCCNC(=O)c1ccc(Cc2nc3ccccc3[nH]2)cc1. The van der Waals surface area contributed by atoms with E-state index in [-0.39, 0.29) is 5.91 Å². The summed E-state index contributed by atoms with van der Waals surface area (Å²) in [5.74, 6) is 0.913. The summed E-state index contributed by atoms with van der Waals surface area (Å²) >= 11 is 0. The van der Waals surface area contributed by atoms with Gasteiger partial charge in [0, 0.05) is 18.5 Å². The van der Waals surface area contributed by atoms with Gasteiger partial charge in [-0.3, -0.25) is 4.79 Å². The van der Waals surface area contributed by atoms with Crippen LogP contribution in [0.2, 0.25) is 0 Å². The molecule has 25 heavy (non-hydrogen) atoms. The number of benzene rings is 2. The van der Waals surface area contributed by atoms with Crippen LogP contribution in [0.4, 0.5) is 0 Å². The van der Waals surface area contributed by atoms with E-state index in [0.29, 0.717) is 12.1 Å². The molecule has 0 fully saturated rings. The van der Waals surface area contributed by atoms with Crippen LogP contribution in [0, 0.1) is 0 Å². The van der Waals surface area contributed by atoms with E-state index in [0.717, 1.165) is 41.8 Å². The second kappa shape index (κ2) is 7.94. The van der Waals surface area contributed by atoms with Crippen molar-refractivity contribution in [2.45, 2.75) is 12.8 Å². The standard InChI is InChI=1S/C20H24N4O/c1-24(2)13-5-12-21-20(25)16-10-8-15(9-11-16)14-19-22-17-6-3-4-7-18(17)23-19/h3-4,6-11H,5,12-14H2,1-2H3,(H,21,25)(H,22,23). The molecule has 130 valence electrons. The van der Waals surface area contributed by atoms with Crippen molar-refractivity contribution in [3.05, 3.63) is 65.5 Å². The molecule has 0 saturated carbocycles. The molecule has 3 aromatic rings. The molecule has 0 atom stereocenters. The first kappa shape index (κ1) is 17.2. The molecule has 0 bridgehead atoms. The van der Waals surface area contributed by atoms with E-state index in [9.17, 15) is 4.79 Å². The second-order valence-electron chi connectivity index (χ2n) is 6.49. The van der Waals surface area contributed by atoms with Crippen LogP contribution in [-0.4, -0.2) is 48.0 Å². The average Bonchev–Trinajstić information content (AvgIpc) is 3.01. The van der Waals surface area contributed by atoms with E-state index in [1.807, 2.05) is 62.6 Å². The van der Waals surface area contributed by atoms with Gasteiger partial charge in [0.15, 0.2) is 0 Å². The molecule has 1 amide bonds. The lowest BCUT2D eigenvalue weighted by atomic mass is 10.1.